The first kappa shape index (κ1) is 18.4. The topological polar surface area (TPSA) is 71.4 Å². The van der Waals surface area contributed by atoms with E-state index in [9.17, 15) is 14.4 Å². The van der Waals surface area contributed by atoms with Gasteiger partial charge in [-0.05, 0) is 19.1 Å². The number of nitrogens with zero attached hydrogens (tertiary/aromatic N) is 2. The van der Waals surface area contributed by atoms with Gasteiger partial charge in [0.2, 0.25) is 0 Å². The lowest BCUT2D eigenvalue weighted by Crippen LogP contribution is -3.14. The monoisotopic (exact) mass is 378 g/mol. The van der Waals surface area contributed by atoms with E-state index in [0.717, 1.165) is 24.5 Å². The second-order valence-corrected chi connectivity index (χ2v) is 6.59. The lowest BCUT2D eigenvalue weighted by atomic mass is 10.1. The minimum absolute atomic E-state index is 0.102. The molecule has 2 amide bonds. The predicted octanol–water partition coefficient (Wildman–Crippen LogP) is 0.0172. The van der Waals surface area contributed by atoms with Crippen LogP contribution in [0.1, 0.15) is 17.3 Å². The van der Waals surface area contributed by atoms with Gasteiger partial charge in [0, 0.05) is 0 Å². The van der Waals surface area contributed by atoms with Gasteiger partial charge in [0.15, 0.2) is 0 Å². The maximum absolute atomic E-state index is 13.0. The van der Waals surface area contributed by atoms with E-state index in [2.05, 4.69) is 6.92 Å². The van der Waals surface area contributed by atoms with Crippen molar-refractivity contribution in [2.45, 2.75) is 6.92 Å². The molecule has 0 spiro atoms. The molecule has 26 heavy (non-hydrogen) atoms. The Morgan fingerprint density at radius 2 is 1.85 bits per heavy atom. The van der Waals surface area contributed by atoms with Crippen LogP contribution in [-0.4, -0.2) is 62.5 Å². The number of likely N-dealkylation sites (N-methyl/N-ethyl adjacent to an activating group) is 1. The third kappa shape index (κ3) is 3.08. The number of methoxy groups -OCH3 is 1. The second kappa shape index (κ2) is 7.47. The van der Waals surface area contributed by atoms with Crippen molar-refractivity contribution in [1.82, 2.24) is 4.90 Å². The summed E-state index contributed by atoms with van der Waals surface area (Å²) in [7, 11) is 1.25. The number of rotatable bonds is 4. The van der Waals surface area contributed by atoms with Crippen molar-refractivity contribution in [3.8, 4) is 0 Å². The number of benzene rings is 1. The Hall–Kier alpha value is -2.38. The normalized spacial score (nSPS) is 18.7. The first-order valence-corrected chi connectivity index (χ1v) is 8.91. The smallest absolute Gasteiger partial charge is 0.339 e. The summed E-state index contributed by atoms with van der Waals surface area (Å²) in [5, 5.41) is -0.102. The standard InChI is InChI=1S/C18H20ClN3O4/c1-3-20-8-10-21(11-9-20)15-14(19)16(23)22(17(15)24)13-7-5-4-6-12(13)18(25)26-2/h4-7H,3,8-11H2,1-2H3/p+1. The van der Waals surface area contributed by atoms with Crippen LogP contribution in [0.4, 0.5) is 5.69 Å². The number of esters is 1. The lowest BCUT2D eigenvalue weighted by Gasteiger charge is -2.33. The highest BCUT2D eigenvalue weighted by Crippen LogP contribution is 2.33. The summed E-state index contributed by atoms with van der Waals surface area (Å²) in [6.45, 7) is 6.20. The maximum atomic E-state index is 13.0. The number of amides is 2. The van der Waals surface area contributed by atoms with Gasteiger partial charge in [-0.3, -0.25) is 9.59 Å². The zero-order chi connectivity index (χ0) is 18.8. The average Bonchev–Trinajstić information content (AvgIpc) is 2.90. The molecule has 0 aromatic heterocycles. The number of halogens is 1. The Morgan fingerprint density at radius 1 is 1.19 bits per heavy atom. The highest BCUT2D eigenvalue weighted by atomic mass is 35.5. The van der Waals surface area contributed by atoms with E-state index in [1.807, 2.05) is 4.90 Å². The molecule has 1 fully saturated rings. The molecule has 0 unspecified atom stereocenters. The van der Waals surface area contributed by atoms with Crippen LogP contribution in [0.5, 0.6) is 0 Å². The number of nitrogens with one attached hydrogen (secondary N) is 1. The van der Waals surface area contributed by atoms with Gasteiger partial charge in [0.25, 0.3) is 11.8 Å². The van der Waals surface area contributed by atoms with Crippen LogP contribution in [0.2, 0.25) is 0 Å². The molecule has 3 rings (SSSR count). The molecule has 0 saturated carbocycles. The fraction of sp³-hybridized carbons (Fsp3) is 0.389. The Balaban J connectivity index is 1.91. The highest BCUT2D eigenvalue weighted by molar-refractivity contribution is 6.52. The fourth-order valence-electron chi connectivity index (χ4n) is 3.34. The molecule has 0 atom stereocenters. The van der Waals surface area contributed by atoms with E-state index in [0.29, 0.717) is 13.1 Å². The van der Waals surface area contributed by atoms with Gasteiger partial charge in [-0.2, -0.15) is 0 Å². The third-order valence-electron chi connectivity index (χ3n) is 4.84. The average molecular weight is 379 g/mol. The summed E-state index contributed by atoms with van der Waals surface area (Å²) in [4.78, 5) is 42.0. The van der Waals surface area contributed by atoms with Crippen molar-refractivity contribution >= 4 is 35.1 Å². The first-order chi connectivity index (χ1) is 12.5. The van der Waals surface area contributed by atoms with Crippen LogP contribution < -0.4 is 9.80 Å². The molecule has 8 heteroatoms. The van der Waals surface area contributed by atoms with Crippen LogP contribution in [0, 0.1) is 0 Å². The number of hydrogen-bond acceptors (Lipinski definition) is 5. The van der Waals surface area contributed by atoms with Gasteiger partial charge >= 0.3 is 5.97 Å². The molecule has 2 aliphatic heterocycles. The van der Waals surface area contributed by atoms with Crippen molar-refractivity contribution in [2.75, 3.05) is 44.7 Å². The Labute approximate surface area is 156 Å². The summed E-state index contributed by atoms with van der Waals surface area (Å²) < 4.78 is 4.75. The molecule has 1 N–H and O–H groups in total. The quantitative estimate of drug-likeness (QED) is 0.590. The molecule has 0 aliphatic carbocycles. The molecule has 1 aromatic rings. The highest BCUT2D eigenvalue weighted by Gasteiger charge is 2.43. The van der Waals surface area contributed by atoms with Gasteiger partial charge in [0.05, 0.1) is 51.1 Å². The van der Waals surface area contributed by atoms with Crippen LogP contribution in [0.15, 0.2) is 35.0 Å². The van der Waals surface area contributed by atoms with Crippen LogP contribution in [0.3, 0.4) is 0 Å². The van der Waals surface area contributed by atoms with Crippen molar-refractivity contribution < 1.29 is 24.0 Å². The largest absolute Gasteiger partial charge is 0.465 e. The SMILES string of the molecule is CC[NH+]1CCN(C2=C(Cl)C(=O)N(c3ccccc3C(=O)OC)C2=O)CC1. The predicted molar refractivity (Wildman–Crippen MR) is 96.0 cm³/mol. The van der Waals surface area contributed by atoms with Gasteiger partial charge in [-0.15, -0.1) is 0 Å². The van der Waals surface area contributed by atoms with Gasteiger partial charge in [-0.25, -0.2) is 9.69 Å². The zero-order valence-electron chi connectivity index (χ0n) is 14.8. The van der Waals surface area contributed by atoms with Gasteiger partial charge in [-0.1, -0.05) is 23.7 Å². The van der Waals surface area contributed by atoms with E-state index in [4.69, 9.17) is 16.3 Å². The fourth-order valence-corrected chi connectivity index (χ4v) is 3.62. The van der Waals surface area contributed by atoms with E-state index in [-0.39, 0.29) is 22.0 Å². The van der Waals surface area contributed by atoms with Crippen molar-refractivity contribution in [3.63, 3.8) is 0 Å². The number of carbonyl (C=O) groups is 3. The van der Waals surface area contributed by atoms with Crippen LogP contribution in [0.25, 0.3) is 0 Å². The number of quaternary nitrogens is 1. The first-order valence-electron chi connectivity index (χ1n) is 8.54. The molecular weight excluding hydrogens is 358 g/mol. The van der Waals surface area contributed by atoms with Crippen molar-refractivity contribution in [1.29, 1.82) is 0 Å². The van der Waals surface area contributed by atoms with Crippen LogP contribution >= 0.6 is 11.6 Å². The molecule has 2 aliphatic rings. The summed E-state index contributed by atoms with van der Waals surface area (Å²) in [5.74, 6) is -1.74. The summed E-state index contributed by atoms with van der Waals surface area (Å²) in [6.07, 6.45) is 0. The molecule has 0 bridgehead atoms. The third-order valence-corrected chi connectivity index (χ3v) is 5.18. The maximum Gasteiger partial charge on any atom is 0.339 e. The number of imide groups is 1. The summed E-state index contributed by atoms with van der Waals surface area (Å²) >= 11 is 6.24. The lowest BCUT2D eigenvalue weighted by molar-refractivity contribution is -0.902. The number of hydrogen-bond donors (Lipinski definition) is 1. The summed E-state index contributed by atoms with van der Waals surface area (Å²) in [5.41, 5.74) is 0.537. The molecule has 0 radical (unpaired) electrons. The van der Waals surface area contributed by atoms with Gasteiger partial charge in [0.1, 0.15) is 10.7 Å². The van der Waals surface area contributed by atoms with E-state index < -0.39 is 17.8 Å². The van der Waals surface area contributed by atoms with Crippen molar-refractivity contribution in [2.24, 2.45) is 0 Å². The Kier molecular flexibility index (Phi) is 5.29. The molecule has 1 saturated heterocycles. The Morgan fingerprint density at radius 3 is 2.46 bits per heavy atom. The van der Waals surface area contributed by atoms with E-state index in [1.165, 1.54) is 24.1 Å². The molecular formula is C18H21ClN3O4+. The van der Waals surface area contributed by atoms with E-state index in [1.54, 1.807) is 12.1 Å². The molecule has 138 valence electrons. The number of ether oxygens (including phenoxy) is 1. The molecule has 2 heterocycles. The van der Waals surface area contributed by atoms with Crippen LogP contribution in [-0.2, 0) is 14.3 Å². The zero-order valence-corrected chi connectivity index (χ0v) is 15.5. The number of piperazine rings is 1. The summed E-state index contributed by atoms with van der Waals surface area (Å²) in [6, 6.07) is 6.34. The second-order valence-electron chi connectivity index (χ2n) is 6.21. The molecule has 1 aromatic carbocycles. The Bertz CT molecular complexity index is 784. The minimum atomic E-state index is -0.620. The van der Waals surface area contributed by atoms with Crippen molar-refractivity contribution in [3.05, 3.63) is 40.6 Å². The van der Waals surface area contributed by atoms with E-state index >= 15 is 0 Å². The molecule has 7 nitrogen and oxygen atoms in total. The number of carbonyl (C=O) groups excluding carboxylic acids is 3. The number of anilines is 1. The number of para-hydroxylation sites is 1. The van der Waals surface area contributed by atoms with Gasteiger partial charge < -0.3 is 14.5 Å². The minimum Gasteiger partial charge on any atom is -0.465 e.